The highest BCUT2D eigenvalue weighted by Crippen LogP contribution is 2.23. The fourth-order valence-electron chi connectivity index (χ4n) is 2.30. The standard InChI is InChI=1S/C10H16N2O4S/c1-10(2-3-17(15,16)6-10)12-9(14)7-4-8(13)11-5-7/h7H,2-6H2,1H3,(H,11,13)(H,12,14). The highest BCUT2D eigenvalue weighted by atomic mass is 32.2. The predicted molar refractivity (Wildman–Crippen MR) is 60.9 cm³/mol. The molecule has 2 atom stereocenters. The first-order valence-corrected chi connectivity index (χ1v) is 7.41. The van der Waals surface area contributed by atoms with Gasteiger partial charge in [0, 0.05) is 13.0 Å². The Morgan fingerprint density at radius 1 is 1.53 bits per heavy atom. The van der Waals surface area contributed by atoms with Crippen LogP contribution in [-0.4, -0.2) is 43.8 Å². The molecule has 7 heteroatoms. The first-order chi connectivity index (χ1) is 7.80. The number of sulfone groups is 1. The lowest BCUT2D eigenvalue weighted by Crippen LogP contribution is -2.49. The Kier molecular flexibility index (Phi) is 2.89. The molecule has 2 rings (SSSR count). The van der Waals surface area contributed by atoms with Gasteiger partial charge < -0.3 is 10.6 Å². The number of hydrogen-bond acceptors (Lipinski definition) is 4. The molecule has 2 unspecified atom stereocenters. The van der Waals surface area contributed by atoms with Crippen LogP contribution in [0.25, 0.3) is 0 Å². The first kappa shape index (κ1) is 12.3. The zero-order chi connectivity index (χ0) is 12.7. The van der Waals surface area contributed by atoms with Crippen molar-refractivity contribution in [2.75, 3.05) is 18.1 Å². The first-order valence-electron chi connectivity index (χ1n) is 5.59. The van der Waals surface area contributed by atoms with Crippen LogP contribution in [0.15, 0.2) is 0 Å². The smallest absolute Gasteiger partial charge is 0.225 e. The lowest BCUT2D eigenvalue weighted by Gasteiger charge is -2.25. The van der Waals surface area contributed by atoms with Crippen molar-refractivity contribution in [1.82, 2.24) is 10.6 Å². The summed E-state index contributed by atoms with van der Waals surface area (Å²) in [6.07, 6.45) is 0.629. The number of carbonyl (C=O) groups is 2. The zero-order valence-electron chi connectivity index (χ0n) is 9.65. The highest BCUT2D eigenvalue weighted by Gasteiger charge is 2.41. The third-order valence-corrected chi connectivity index (χ3v) is 5.18. The summed E-state index contributed by atoms with van der Waals surface area (Å²) in [6, 6.07) is 0. The summed E-state index contributed by atoms with van der Waals surface area (Å²) in [5.41, 5.74) is -0.679. The Morgan fingerprint density at radius 2 is 2.24 bits per heavy atom. The average molecular weight is 260 g/mol. The Morgan fingerprint density at radius 3 is 2.71 bits per heavy atom. The number of carbonyl (C=O) groups excluding carboxylic acids is 2. The van der Waals surface area contributed by atoms with E-state index in [2.05, 4.69) is 10.6 Å². The Bertz CT molecular complexity index is 459. The van der Waals surface area contributed by atoms with E-state index in [1.165, 1.54) is 0 Å². The zero-order valence-corrected chi connectivity index (χ0v) is 10.5. The largest absolute Gasteiger partial charge is 0.355 e. The van der Waals surface area contributed by atoms with Crippen LogP contribution in [0.4, 0.5) is 0 Å². The van der Waals surface area contributed by atoms with Crippen LogP contribution in [0.1, 0.15) is 19.8 Å². The Balaban J connectivity index is 1.97. The van der Waals surface area contributed by atoms with Gasteiger partial charge in [-0.1, -0.05) is 0 Å². The molecule has 2 heterocycles. The van der Waals surface area contributed by atoms with Crippen LogP contribution in [0, 0.1) is 5.92 Å². The second-order valence-corrected chi connectivity index (χ2v) is 7.28. The van der Waals surface area contributed by atoms with E-state index in [-0.39, 0.29) is 35.7 Å². The number of rotatable bonds is 2. The Labute approximate surface area is 100 Å². The minimum atomic E-state index is -3.03. The van der Waals surface area contributed by atoms with E-state index in [0.29, 0.717) is 13.0 Å². The van der Waals surface area contributed by atoms with Crippen LogP contribution < -0.4 is 10.6 Å². The molecule has 0 aliphatic carbocycles. The summed E-state index contributed by atoms with van der Waals surface area (Å²) < 4.78 is 22.8. The topological polar surface area (TPSA) is 92.3 Å². The third-order valence-electron chi connectivity index (χ3n) is 3.28. The van der Waals surface area contributed by atoms with E-state index in [1.807, 2.05) is 0 Å². The van der Waals surface area contributed by atoms with E-state index in [1.54, 1.807) is 6.92 Å². The quantitative estimate of drug-likeness (QED) is 0.653. The molecule has 0 aromatic rings. The van der Waals surface area contributed by atoms with Gasteiger partial charge in [0.05, 0.1) is 23.0 Å². The van der Waals surface area contributed by atoms with Gasteiger partial charge in [-0.25, -0.2) is 8.42 Å². The molecular formula is C10H16N2O4S. The van der Waals surface area contributed by atoms with E-state index >= 15 is 0 Å². The van der Waals surface area contributed by atoms with Crippen molar-refractivity contribution in [3.63, 3.8) is 0 Å². The number of nitrogens with one attached hydrogen (secondary N) is 2. The van der Waals surface area contributed by atoms with Crippen LogP contribution in [-0.2, 0) is 19.4 Å². The van der Waals surface area contributed by atoms with Crippen LogP contribution >= 0.6 is 0 Å². The lowest BCUT2D eigenvalue weighted by molar-refractivity contribution is -0.127. The maximum Gasteiger partial charge on any atom is 0.225 e. The van der Waals surface area contributed by atoms with Crippen molar-refractivity contribution in [3.8, 4) is 0 Å². The minimum Gasteiger partial charge on any atom is -0.355 e. The van der Waals surface area contributed by atoms with Gasteiger partial charge in [0.15, 0.2) is 9.84 Å². The van der Waals surface area contributed by atoms with Crippen molar-refractivity contribution in [1.29, 1.82) is 0 Å². The molecule has 2 fully saturated rings. The fourth-order valence-corrected chi connectivity index (χ4v) is 4.39. The molecule has 2 amide bonds. The molecule has 0 spiro atoms. The van der Waals surface area contributed by atoms with Crippen molar-refractivity contribution in [3.05, 3.63) is 0 Å². The minimum absolute atomic E-state index is 0.0141. The monoisotopic (exact) mass is 260 g/mol. The SMILES string of the molecule is CC1(NC(=O)C2CNC(=O)C2)CCS(=O)(=O)C1. The molecule has 0 bridgehead atoms. The molecule has 2 N–H and O–H groups in total. The lowest BCUT2D eigenvalue weighted by atomic mass is 9.99. The van der Waals surface area contributed by atoms with Gasteiger partial charge in [-0.15, -0.1) is 0 Å². The summed E-state index contributed by atoms with van der Waals surface area (Å²) >= 11 is 0. The van der Waals surface area contributed by atoms with Crippen LogP contribution in [0.3, 0.4) is 0 Å². The van der Waals surface area contributed by atoms with E-state index in [9.17, 15) is 18.0 Å². The van der Waals surface area contributed by atoms with E-state index in [4.69, 9.17) is 0 Å². The molecule has 2 saturated heterocycles. The van der Waals surface area contributed by atoms with E-state index in [0.717, 1.165) is 0 Å². The maximum absolute atomic E-state index is 11.9. The molecule has 0 aromatic heterocycles. The predicted octanol–water partition coefficient (Wildman–Crippen LogP) is -1.18. The summed E-state index contributed by atoms with van der Waals surface area (Å²) in [5, 5.41) is 5.35. The molecule has 6 nitrogen and oxygen atoms in total. The highest BCUT2D eigenvalue weighted by molar-refractivity contribution is 7.91. The van der Waals surface area contributed by atoms with Gasteiger partial charge in [-0.05, 0) is 13.3 Å². The van der Waals surface area contributed by atoms with Gasteiger partial charge in [0.2, 0.25) is 11.8 Å². The van der Waals surface area contributed by atoms with Crippen LogP contribution in [0.5, 0.6) is 0 Å². The van der Waals surface area contributed by atoms with Crippen molar-refractivity contribution in [2.24, 2.45) is 5.92 Å². The molecule has 96 valence electrons. The maximum atomic E-state index is 11.9. The van der Waals surface area contributed by atoms with Crippen molar-refractivity contribution < 1.29 is 18.0 Å². The normalized spacial score (nSPS) is 35.6. The Hall–Kier alpha value is -1.11. The molecule has 0 radical (unpaired) electrons. The summed E-state index contributed by atoms with van der Waals surface area (Å²) in [4.78, 5) is 22.9. The molecular weight excluding hydrogens is 244 g/mol. The number of amides is 2. The third kappa shape index (κ3) is 2.77. The van der Waals surface area contributed by atoms with Crippen molar-refractivity contribution >= 4 is 21.7 Å². The summed E-state index contributed by atoms with van der Waals surface area (Å²) in [5.74, 6) is -0.634. The van der Waals surface area contributed by atoms with Gasteiger partial charge in [0.25, 0.3) is 0 Å². The summed E-state index contributed by atoms with van der Waals surface area (Å²) in [6.45, 7) is 2.08. The molecule has 0 saturated carbocycles. The second kappa shape index (κ2) is 3.97. The van der Waals surface area contributed by atoms with Gasteiger partial charge in [-0.3, -0.25) is 9.59 Å². The fraction of sp³-hybridized carbons (Fsp3) is 0.800. The van der Waals surface area contributed by atoms with Crippen molar-refractivity contribution in [2.45, 2.75) is 25.3 Å². The molecule has 2 aliphatic rings. The average Bonchev–Trinajstić information content (AvgIpc) is 2.71. The van der Waals surface area contributed by atoms with Gasteiger partial charge in [0.1, 0.15) is 0 Å². The molecule has 2 aliphatic heterocycles. The second-order valence-electron chi connectivity index (χ2n) is 5.10. The molecule has 0 aromatic carbocycles. The summed E-state index contributed by atoms with van der Waals surface area (Å²) in [7, 11) is -3.03. The molecule has 17 heavy (non-hydrogen) atoms. The number of hydrogen-bond donors (Lipinski definition) is 2. The van der Waals surface area contributed by atoms with E-state index < -0.39 is 15.4 Å². The van der Waals surface area contributed by atoms with Crippen LogP contribution in [0.2, 0.25) is 0 Å². The van der Waals surface area contributed by atoms with Gasteiger partial charge in [-0.2, -0.15) is 0 Å². The van der Waals surface area contributed by atoms with Gasteiger partial charge >= 0.3 is 0 Å².